The smallest absolute Gasteiger partial charge is 0.350 e. The second-order valence-electron chi connectivity index (χ2n) is 5.43. The number of nitrogens with zero attached hydrogens (tertiary/aromatic N) is 4. The fourth-order valence-electron chi connectivity index (χ4n) is 2.90. The zero-order valence-electron chi connectivity index (χ0n) is 11.9. The lowest BCUT2D eigenvalue weighted by molar-refractivity contribution is 0.0120. The number of nitrogen functional groups attached to an aromatic ring is 1. The molecule has 0 unspecified atom stereocenters. The van der Waals surface area contributed by atoms with Gasteiger partial charge < -0.3 is 24.8 Å². The van der Waals surface area contributed by atoms with E-state index in [0.717, 1.165) is 25.7 Å². The van der Waals surface area contributed by atoms with Crippen LogP contribution in [0, 0.1) is 0 Å². The Hall–Kier alpha value is -1.54. The van der Waals surface area contributed by atoms with Gasteiger partial charge in [-0.2, -0.15) is 0 Å². The van der Waals surface area contributed by atoms with E-state index in [2.05, 4.69) is 15.0 Å². The van der Waals surface area contributed by atoms with Gasteiger partial charge in [-0.3, -0.25) is 4.57 Å². The summed E-state index contributed by atoms with van der Waals surface area (Å²) in [4.78, 5) is 30.4. The number of imidazole rings is 1. The van der Waals surface area contributed by atoms with E-state index in [0.29, 0.717) is 17.0 Å². The Morgan fingerprint density at radius 1 is 1.32 bits per heavy atom. The first-order valence-electron chi connectivity index (χ1n) is 7.05. The highest BCUT2D eigenvalue weighted by Gasteiger charge is 2.30. The first-order chi connectivity index (χ1) is 10.5. The highest BCUT2D eigenvalue weighted by molar-refractivity contribution is 7.51. The largest absolute Gasteiger partial charge is 0.382 e. The molecule has 2 aromatic rings. The number of ether oxygens (including phenoxy) is 1. The van der Waals surface area contributed by atoms with Crippen molar-refractivity contribution in [3.63, 3.8) is 0 Å². The van der Waals surface area contributed by atoms with Gasteiger partial charge >= 0.3 is 7.60 Å². The van der Waals surface area contributed by atoms with Gasteiger partial charge in [0.1, 0.15) is 18.2 Å². The normalized spacial score (nSPS) is 23.0. The monoisotopic (exact) mass is 327 g/mol. The lowest BCUT2D eigenvalue weighted by Crippen LogP contribution is -2.30. The van der Waals surface area contributed by atoms with Gasteiger partial charge in [-0.05, 0) is 12.8 Å². The Bertz CT molecular complexity index is 715. The molecule has 1 saturated carbocycles. The molecule has 9 nitrogen and oxygen atoms in total. The van der Waals surface area contributed by atoms with Crippen LogP contribution in [-0.2, 0) is 9.30 Å². The van der Waals surface area contributed by atoms with Crippen LogP contribution in [0.25, 0.3) is 11.2 Å². The van der Waals surface area contributed by atoms with Crippen LogP contribution < -0.4 is 5.73 Å². The molecule has 120 valence electrons. The molecular formula is C12H18N5O4P. The van der Waals surface area contributed by atoms with Crippen molar-refractivity contribution in [1.82, 2.24) is 19.5 Å². The average Bonchev–Trinajstić information content (AvgIpc) is 2.90. The van der Waals surface area contributed by atoms with Crippen LogP contribution in [0.2, 0.25) is 0 Å². The summed E-state index contributed by atoms with van der Waals surface area (Å²) in [6.45, 7) is 0. The van der Waals surface area contributed by atoms with Crippen molar-refractivity contribution in [2.75, 3.05) is 12.1 Å². The van der Waals surface area contributed by atoms with Crippen molar-refractivity contribution in [2.45, 2.75) is 37.8 Å². The van der Waals surface area contributed by atoms with Crippen molar-refractivity contribution in [3.8, 4) is 0 Å². The minimum atomic E-state index is -4.18. The minimum Gasteiger partial charge on any atom is -0.382 e. The summed E-state index contributed by atoms with van der Waals surface area (Å²) in [7, 11) is -4.18. The molecule has 0 amide bonds. The third-order valence-corrected chi connectivity index (χ3v) is 4.35. The van der Waals surface area contributed by atoms with E-state index in [4.69, 9.17) is 20.3 Å². The van der Waals surface area contributed by atoms with Crippen LogP contribution in [0.4, 0.5) is 5.82 Å². The summed E-state index contributed by atoms with van der Waals surface area (Å²) in [5.41, 5.74) is 6.93. The number of hydrogen-bond acceptors (Lipinski definition) is 6. The van der Waals surface area contributed by atoms with Crippen LogP contribution in [0.5, 0.6) is 0 Å². The van der Waals surface area contributed by atoms with E-state index in [1.54, 1.807) is 6.33 Å². The molecule has 2 heterocycles. The van der Waals surface area contributed by atoms with Gasteiger partial charge in [-0.1, -0.05) is 12.8 Å². The third kappa shape index (κ3) is 3.12. The maximum absolute atomic E-state index is 11.0. The van der Waals surface area contributed by atoms with E-state index in [1.807, 2.05) is 4.57 Å². The molecule has 0 aliphatic heterocycles. The fraction of sp³-hybridized carbons (Fsp3) is 0.583. The van der Waals surface area contributed by atoms with Gasteiger partial charge in [0.2, 0.25) is 0 Å². The van der Waals surface area contributed by atoms with E-state index in [9.17, 15) is 4.57 Å². The summed E-state index contributed by atoms with van der Waals surface area (Å²) in [6.07, 6.45) is 5.72. The molecule has 0 saturated heterocycles. The lowest BCUT2D eigenvalue weighted by Gasteiger charge is -2.32. The Balaban J connectivity index is 1.89. The molecule has 3 rings (SSSR count). The summed E-state index contributed by atoms with van der Waals surface area (Å²) < 4.78 is 18.4. The SMILES string of the molecule is Nc1ncnc2c1ncn2[C@@H]1CCCC[C@H]1OCP(=O)(O)O. The van der Waals surface area contributed by atoms with Crippen LogP contribution in [0.1, 0.15) is 31.7 Å². The average molecular weight is 327 g/mol. The molecule has 0 aromatic carbocycles. The number of fused-ring (bicyclic) bond motifs is 1. The maximum atomic E-state index is 11.0. The molecular weight excluding hydrogens is 309 g/mol. The standard InChI is InChI=1S/C12H18N5O4P/c13-11-10-12(15-5-14-11)17(6-16-10)8-3-1-2-4-9(8)21-7-22(18,19)20/h5-6,8-9H,1-4,7H2,(H2,13,14,15)(H2,18,19,20)/t8-,9-/m1/s1. The molecule has 1 fully saturated rings. The van der Waals surface area contributed by atoms with E-state index in [-0.39, 0.29) is 12.1 Å². The molecule has 2 atom stereocenters. The van der Waals surface area contributed by atoms with Gasteiger partial charge in [0.25, 0.3) is 0 Å². The first-order valence-corrected chi connectivity index (χ1v) is 8.84. The summed E-state index contributed by atoms with van der Waals surface area (Å²) in [6, 6.07) is -0.0698. The van der Waals surface area contributed by atoms with E-state index >= 15 is 0 Å². The lowest BCUT2D eigenvalue weighted by atomic mass is 9.92. The fourth-order valence-corrected chi connectivity index (χ4v) is 3.28. The van der Waals surface area contributed by atoms with Crippen molar-refractivity contribution in [1.29, 1.82) is 0 Å². The molecule has 4 N–H and O–H groups in total. The minimum absolute atomic E-state index is 0.0698. The molecule has 0 radical (unpaired) electrons. The van der Waals surface area contributed by atoms with Crippen LogP contribution in [0.15, 0.2) is 12.7 Å². The highest BCUT2D eigenvalue weighted by Crippen LogP contribution is 2.39. The van der Waals surface area contributed by atoms with Gasteiger partial charge in [-0.15, -0.1) is 0 Å². The van der Waals surface area contributed by atoms with Gasteiger partial charge in [-0.25, -0.2) is 15.0 Å². The second-order valence-corrected chi connectivity index (χ2v) is 7.02. The van der Waals surface area contributed by atoms with Gasteiger partial charge in [0, 0.05) is 0 Å². The molecule has 1 aliphatic carbocycles. The van der Waals surface area contributed by atoms with Crippen molar-refractivity contribution in [2.24, 2.45) is 0 Å². The van der Waals surface area contributed by atoms with Crippen molar-refractivity contribution < 1.29 is 19.1 Å². The Kier molecular flexibility index (Phi) is 4.14. The number of rotatable bonds is 4. The Morgan fingerprint density at radius 2 is 2.09 bits per heavy atom. The number of anilines is 1. The molecule has 0 spiro atoms. The van der Waals surface area contributed by atoms with Crippen molar-refractivity contribution in [3.05, 3.63) is 12.7 Å². The number of aromatic nitrogens is 4. The molecule has 10 heteroatoms. The Morgan fingerprint density at radius 3 is 2.86 bits per heavy atom. The van der Waals surface area contributed by atoms with Crippen LogP contribution >= 0.6 is 7.60 Å². The quantitative estimate of drug-likeness (QED) is 0.709. The number of hydrogen-bond donors (Lipinski definition) is 3. The van der Waals surface area contributed by atoms with Crippen LogP contribution in [-0.4, -0.2) is 41.8 Å². The Labute approximate surface area is 126 Å². The highest BCUT2D eigenvalue weighted by atomic mass is 31.2. The third-order valence-electron chi connectivity index (χ3n) is 3.87. The topological polar surface area (TPSA) is 136 Å². The molecule has 22 heavy (non-hydrogen) atoms. The summed E-state index contributed by atoms with van der Waals surface area (Å²) in [5.74, 6) is 0.312. The van der Waals surface area contributed by atoms with E-state index < -0.39 is 13.9 Å². The maximum Gasteiger partial charge on any atom is 0.350 e. The second kappa shape index (κ2) is 5.92. The van der Waals surface area contributed by atoms with Crippen LogP contribution in [0.3, 0.4) is 0 Å². The van der Waals surface area contributed by atoms with Gasteiger partial charge in [0.05, 0.1) is 18.5 Å². The van der Waals surface area contributed by atoms with Crippen molar-refractivity contribution >= 4 is 24.6 Å². The number of nitrogens with two attached hydrogens (primary N) is 1. The molecule has 1 aliphatic rings. The zero-order chi connectivity index (χ0) is 15.7. The van der Waals surface area contributed by atoms with E-state index in [1.165, 1.54) is 6.33 Å². The first kappa shape index (κ1) is 15.4. The summed E-state index contributed by atoms with van der Waals surface area (Å²) >= 11 is 0. The predicted molar refractivity (Wildman–Crippen MR) is 79.0 cm³/mol. The molecule has 2 aromatic heterocycles. The zero-order valence-corrected chi connectivity index (χ0v) is 12.8. The van der Waals surface area contributed by atoms with Gasteiger partial charge in [0.15, 0.2) is 11.5 Å². The predicted octanol–water partition coefficient (Wildman–Crippen LogP) is 1.04. The summed E-state index contributed by atoms with van der Waals surface area (Å²) in [5, 5.41) is 0. The molecule has 0 bridgehead atoms.